The highest BCUT2D eigenvalue weighted by Crippen LogP contribution is 2.42. The smallest absolute Gasteiger partial charge is 0.334 e. The molecule has 0 bridgehead atoms. The molecule has 7 heteroatoms. The topological polar surface area (TPSA) is 107 Å². The summed E-state index contributed by atoms with van der Waals surface area (Å²) in [7, 11) is -3.72. The van der Waals surface area contributed by atoms with E-state index < -0.39 is 27.0 Å². The van der Waals surface area contributed by atoms with Gasteiger partial charge >= 0.3 is 5.97 Å². The molecule has 0 aromatic heterocycles. The molecule has 25 heavy (non-hydrogen) atoms. The molecule has 1 unspecified atom stereocenters. The van der Waals surface area contributed by atoms with Crippen LogP contribution >= 0.6 is 0 Å². The third kappa shape index (κ3) is 3.30. The lowest BCUT2D eigenvalue weighted by atomic mass is 9.86. The van der Waals surface area contributed by atoms with Gasteiger partial charge in [0.05, 0.1) is 33.3 Å². The minimum absolute atomic E-state index is 0.0279. The summed E-state index contributed by atoms with van der Waals surface area (Å²) in [5.74, 6) is -2.15. The van der Waals surface area contributed by atoms with Gasteiger partial charge in [-0.3, -0.25) is 0 Å². The fourth-order valence-electron chi connectivity index (χ4n) is 3.00. The number of aliphatic carboxylic acids is 1. The van der Waals surface area contributed by atoms with Gasteiger partial charge in [-0.25, -0.2) is 13.2 Å². The average Bonchev–Trinajstić information content (AvgIpc) is 2.53. The lowest BCUT2D eigenvalue weighted by molar-refractivity contribution is -0.133. The van der Waals surface area contributed by atoms with Gasteiger partial charge in [-0.1, -0.05) is 12.1 Å². The number of nitrogens with one attached hydrogen (secondary N) is 1. The molecule has 0 saturated carbocycles. The van der Waals surface area contributed by atoms with E-state index in [0.717, 1.165) is 0 Å². The molecule has 132 valence electrons. The van der Waals surface area contributed by atoms with Crippen molar-refractivity contribution in [2.75, 3.05) is 0 Å². The Balaban J connectivity index is 2.83. The Bertz CT molecular complexity index is 934. The van der Waals surface area contributed by atoms with Gasteiger partial charge in [-0.05, 0) is 45.4 Å². The first-order valence-corrected chi connectivity index (χ1v) is 9.31. The maximum absolute atomic E-state index is 12.9. The number of allylic oxidation sites excluding steroid dienone is 3. The number of carboxylic acids is 1. The Labute approximate surface area is 147 Å². The molecule has 1 aromatic carbocycles. The number of dihydropyridines is 1. The SMILES string of the molecule is CC1=C(C(=O)O)C(c2cccc(C#N)c2)C(S(=O)(=O)C(C)C)=C(C)N1. The molecule has 2 rings (SSSR count). The Kier molecular flexibility index (Phi) is 5.04. The minimum Gasteiger partial charge on any atom is -0.478 e. The highest BCUT2D eigenvalue weighted by atomic mass is 32.2. The molecular weight excluding hydrogens is 340 g/mol. The lowest BCUT2D eigenvalue weighted by Crippen LogP contribution is -2.33. The number of rotatable bonds is 4. The number of hydrogen-bond donors (Lipinski definition) is 2. The van der Waals surface area contributed by atoms with Gasteiger partial charge in [0.25, 0.3) is 0 Å². The number of carboxylic acid groups (broad SMARTS) is 1. The van der Waals surface area contributed by atoms with Crippen LogP contribution in [0, 0.1) is 11.3 Å². The molecule has 0 aliphatic carbocycles. The molecule has 0 amide bonds. The van der Waals surface area contributed by atoms with Crippen LogP contribution in [-0.2, 0) is 14.6 Å². The Morgan fingerprint density at radius 3 is 2.44 bits per heavy atom. The van der Waals surface area contributed by atoms with Gasteiger partial charge in [-0.15, -0.1) is 0 Å². The minimum atomic E-state index is -3.72. The van der Waals surface area contributed by atoms with Crippen molar-refractivity contribution in [2.24, 2.45) is 0 Å². The normalized spacial score (nSPS) is 18.2. The van der Waals surface area contributed by atoms with Crippen LogP contribution < -0.4 is 5.32 Å². The molecule has 1 aliphatic heterocycles. The van der Waals surface area contributed by atoms with Crippen LogP contribution in [0.15, 0.2) is 46.1 Å². The fraction of sp³-hybridized carbons (Fsp3) is 0.333. The van der Waals surface area contributed by atoms with Crippen LogP contribution in [-0.4, -0.2) is 24.7 Å². The summed E-state index contributed by atoms with van der Waals surface area (Å²) in [5, 5.41) is 21.0. The molecule has 6 nitrogen and oxygen atoms in total. The zero-order chi connectivity index (χ0) is 18.9. The van der Waals surface area contributed by atoms with Crippen LogP contribution in [0.5, 0.6) is 0 Å². The van der Waals surface area contributed by atoms with E-state index in [9.17, 15) is 18.3 Å². The Morgan fingerprint density at radius 1 is 1.28 bits per heavy atom. The van der Waals surface area contributed by atoms with Gasteiger partial charge in [0.15, 0.2) is 9.84 Å². The summed E-state index contributed by atoms with van der Waals surface area (Å²) in [6, 6.07) is 8.41. The zero-order valence-electron chi connectivity index (χ0n) is 14.5. The van der Waals surface area contributed by atoms with Crippen molar-refractivity contribution >= 4 is 15.8 Å². The van der Waals surface area contributed by atoms with Crippen LogP contribution in [0.3, 0.4) is 0 Å². The van der Waals surface area contributed by atoms with Gasteiger partial charge in [0.2, 0.25) is 0 Å². The number of hydrogen-bond acceptors (Lipinski definition) is 5. The van der Waals surface area contributed by atoms with E-state index >= 15 is 0 Å². The largest absolute Gasteiger partial charge is 0.478 e. The molecule has 0 saturated heterocycles. The van der Waals surface area contributed by atoms with E-state index in [1.165, 1.54) is 6.07 Å². The summed E-state index contributed by atoms with van der Waals surface area (Å²) in [6.07, 6.45) is 0. The quantitative estimate of drug-likeness (QED) is 0.855. The van der Waals surface area contributed by atoms with Crippen LogP contribution in [0.4, 0.5) is 0 Å². The van der Waals surface area contributed by atoms with Crippen molar-refractivity contribution in [3.63, 3.8) is 0 Å². The summed E-state index contributed by atoms with van der Waals surface area (Å²) in [4.78, 5) is 11.9. The maximum Gasteiger partial charge on any atom is 0.334 e. The molecule has 0 radical (unpaired) electrons. The van der Waals surface area contributed by atoms with Crippen LogP contribution in [0.1, 0.15) is 44.7 Å². The van der Waals surface area contributed by atoms with E-state index in [2.05, 4.69) is 5.32 Å². The number of benzene rings is 1. The second kappa shape index (κ2) is 6.73. The number of sulfone groups is 1. The number of nitriles is 1. The molecule has 1 atom stereocenters. The third-order valence-corrected chi connectivity index (χ3v) is 6.60. The van der Waals surface area contributed by atoms with Gasteiger partial charge in [-0.2, -0.15) is 5.26 Å². The molecular formula is C18H20N2O4S. The van der Waals surface area contributed by atoms with Crippen LogP contribution in [0.25, 0.3) is 0 Å². The molecule has 0 fully saturated rings. The van der Waals surface area contributed by atoms with E-state index in [-0.39, 0.29) is 10.5 Å². The Morgan fingerprint density at radius 2 is 1.92 bits per heavy atom. The second-order valence-electron chi connectivity index (χ2n) is 6.22. The summed E-state index contributed by atoms with van der Waals surface area (Å²) < 4.78 is 25.9. The molecule has 2 N–H and O–H groups in total. The fourth-order valence-corrected chi connectivity index (χ4v) is 4.56. The molecule has 1 aromatic rings. The van der Waals surface area contributed by atoms with Gasteiger partial charge in [0.1, 0.15) is 0 Å². The van der Waals surface area contributed by atoms with Crippen LogP contribution in [0.2, 0.25) is 0 Å². The van der Waals surface area contributed by atoms with Crippen molar-refractivity contribution in [3.8, 4) is 6.07 Å². The van der Waals surface area contributed by atoms with E-state index in [1.807, 2.05) is 6.07 Å². The molecule has 1 heterocycles. The third-order valence-electron chi connectivity index (χ3n) is 4.21. The predicted molar refractivity (Wildman–Crippen MR) is 94.1 cm³/mol. The van der Waals surface area contributed by atoms with E-state index in [1.54, 1.807) is 45.9 Å². The molecule has 1 aliphatic rings. The summed E-state index contributed by atoms with van der Waals surface area (Å²) in [6.45, 7) is 6.35. The number of carbonyl (C=O) groups is 1. The summed E-state index contributed by atoms with van der Waals surface area (Å²) in [5.41, 5.74) is 1.58. The Hall–Kier alpha value is -2.59. The zero-order valence-corrected chi connectivity index (χ0v) is 15.3. The van der Waals surface area contributed by atoms with E-state index in [4.69, 9.17) is 5.26 Å². The highest BCUT2D eigenvalue weighted by Gasteiger charge is 2.40. The van der Waals surface area contributed by atoms with Crippen molar-refractivity contribution in [1.82, 2.24) is 5.32 Å². The van der Waals surface area contributed by atoms with Crippen molar-refractivity contribution < 1.29 is 18.3 Å². The monoisotopic (exact) mass is 360 g/mol. The van der Waals surface area contributed by atoms with Crippen molar-refractivity contribution in [3.05, 3.63) is 57.3 Å². The average molecular weight is 360 g/mol. The lowest BCUT2D eigenvalue weighted by Gasteiger charge is -2.31. The highest BCUT2D eigenvalue weighted by molar-refractivity contribution is 7.95. The van der Waals surface area contributed by atoms with Crippen molar-refractivity contribution in [1.29, 1.82) is 5.26 Å². The first-order valence-electron chi connectivity index (χ1n) is 7.77. The maximum atomic E-state index is 12.9. The van der Waals surface area contributed by atoms with Crippen molar-refractivity contribution in [2.45, 2.75) is 38.9 Å². The second-order valence-corrected chi connectivity index (χ2v) is 8.69. The number of nitrogens with zero attached hydrogens (tertiary/aromatic N) is 1. The predicted octanol–water partition coefficient (Wildman–Crippen LogP) is 2.66. The van der Waals surface area contributed by atoms with Gasteiger partial charge in [0, 0.05) is 11.4 Å². The first-order chi connectivity index (χ1) is 11.6. The standard InChI is InChI=1S/C18H20N2O4S/c1-10(2)25(23,24)17-12(4)20-11(3)15(18(21)22)16(17)14-7-5-6-13(8-14)9-19/h5-8,10,16,20H,1-4H3,(H,21,22). The van der Waals surface area contributed by atoms with Gasteiger partial charge < -0.3 is 10.4 Å². The first kappa shape index (κ1) is 18.7. The summed E-state index contributed by atoms with van der Waals surface area (Å²) >= 11 is 0. The molecule has 0 spiro atoms. The van der Waals surface area contributed by atoms with E-state index in [0.29, 0.717) is 22.5 Å².